The van der Waals surface area contributed by atoms with Crippen LogP contribution in [0.5, 0.6) is 0 Å². The third-order valence-corrected chi connectivity index (χ3v) is 3.42. The van der Waals surface area contributed by atoms with Crippen LogP contribution < -0.4 is 4.90 Å². The van der Waals surface area contributed by atoms with Crippen LogP contribution >= 0.6 is 11.6 Å². The Kier molecular flexibility index (Phi) is 3.61. The molecule has 0 N–H and O–H groups in total. The van der Waals surface area contributed by atoms with Gasteiger partial charge >= 0.3 is 0 Å². The summed E-state index contributed by atoms with van der Waals surface area (Å²) in [7, 11) is 4.24. The topological polar surface area (TPSA) is 32.3 Å². The minimum atomic E-state index is 0.445. The summed E-state index contributed by atoms with van der Waals surface area (Å²) in [6.45, 7) is 2.30. The van der Waals surface area contributed by atoms with Crippen LogP contribution in [0.3, 0.4) is 0 Å². The molecule has 0 aromatic carbocycles. The lowest BCUT2D eigenvalue weighted by Gasteiger charge is -2.35. The van der Waals surface area contributed by atoms with Crippen molar-refractivity contribution in [2.45, 2.75) is 18.9 Å². The normalized spacial score (nSPS) is 18.7. The monoisotopic (exact) mass is 240 g/mol. The van der Waals surface area contributed by atoms with Gasteiger partial charge in [-0.25, -0.2) is 0 Å². The van der Waals surface area contributed by atoms with Gasteiger partial charge in [0.05, 0.1) is 0 Å². The van der Waals surface area contributed by atoms with E-state index >= 15 is 0 Å². The van der Waals surface area contributed by atoms with Crippen molar-refractivity contribution in [3.63, 3.8) is 0 Å². The summed E-state index contributed by atoms with van der Waals surface area (Å²) in [5.41, 5.74) is 0. The van der Waals surface area contributed by atoms with Crippen LogP contribution in [0.15, 0.2) is 12.1 Å². The standard InChI is InChI=1S/C11H17ClN4/c1-15-7-5-9(6-8-15)16(2)11-4-3-10(12)13-14-11/h3-4,9H,5-8H2,1-2H3. The van der Waals surface area contributed by atoms with Crippen molar-refractivity contribution in [1.82, 2.24) is 15.1 Å². The fourth-order valence-corrected chi connectivity index (χ4v) is 2.17. The highest BCUT2D eigenvalue weighted by atomic mass is 35.5. The molecule has 1 fully saturated rings. The fraction of sp³-hybridized carbons (Fsp3) is 0.636. The van der Waals surface area contributed by atoms with Crippen molar-refractivity contribution in [2.75, 3.05) is 32.1 Å². The van der Waals surface area contributed by atoms with Gasteiger partial charge in [-0.15, -0.1) is 10.2 Å². The number of hydrogen-bond donors (Lipinski definition) is 0. The first-order valence-corrected chi connectivity index (χ1v) is 5.95. The van der Waals surface area contributed by atoms with E-state index in [0.717, 1.165) is 18.9 Å². The highest BCUT2D eigenvalue weighted by Crippen LogP contribution is 2.19. The van der Waals surface area contributed by atoms with Crippen molar-refractivity contribution in [3.8, 4) is 0 Å². The molecule has 0 aliphatic carbocycles. The van der Waals surface area contributed by atoms with Gasteiger partial charge in [0.15, 0.2) is 11.0 Å². The van der Waals surface area contributed by atoms with Gasteiger partial charge in [0.1, 0.15) is 0 Å². The van der Waals surface area contributed by atoms with Crippen molar-refractivity contribution in [2.24, 2.45) is 0 Å². The zero-order valence-electron chi connectivity index (χ0n) is 9.73. The van der Waals surface area contributed by atoms with Crippen molar-refractivity contribution >= 4 is 17.4 Å². The largest absolute Gasteiger partial charge is 0.355 e. The first-order chi connectivity index (χ1) is 7.66. The maximum atomic E-state index is 5.72. The molecule has 16 heavy (non-hydrogen) atoms. The maximum absolute atomic E-state index is 5.72. The predicted octanol–water partition coefficient (Wildman–Crippen LogP) is 1.66. The molecule has 88 valence electrons. The first-order valence-electron chi connectivity index (χ1n) is 5.57. The molecule has 0 radical (unpaired) electrons. The molecule has 1 aromatic rings. The third-order valence-electron chi connectivity index (χ3n) is 3.22. The summed E-state index contributed by atoms with van der Waals surface area (Å²) in [6, 6.07) is 4.27. The lowest BCUT2D eigenvalue weighted by Crippen LogP contribution is -2.42. The quantitative estimate of drug-likeness (QED) is 0.787. The number of aromatic nitrogens is 2. The first kappa shape index (κ1) is 11.6. The van der Waals surface area contributed by atoms with Crippen LogP contribution in [0.1, 0.15) is 12.8 Å². The minimum Gasteiger partial charge on any atom is -0.355 e. The Labute approximate surface area is 101 Å². The average Bonchev–Trinajstić information content (AvgIpc) is 2.30. The van der Waals surface area contributed by atoms with E-state index in [1.165, 1.54) is 12.8 Å². The molecule has 2 rings (SSSR count). The zero-order valence-corrected chi connectivity index (χ0v) is 10.5. The van der Waals surface area contributed by atoms with E-state index < -0.39 is 0 Å². The van der Waals surface area contributed by atoms with Crippen LogP contribution in [0.4, 0.5) is 5.82 Å². The van der Waals surface area contributed by atoms with Gasteiger partial charge in [-0.1, -0.05) is 11.6 Å². The molecular formula is C11H17ClN4. The second kappa shape index (κ2) is 4.97. The summed E-state index contributed by atoms with van der Waals surface area (Å²) in [6.07, 6.45) is 2.36. The van der Waals surface area contributed by atoms with Crippen molar-refractivity contribution in [3.05, 3.63) is 17.3 Å². The van der Waals surface area contributed by atoms with Crippen LogP contribution in [0.25, 0.3) is 0 Å². The third kappa shape index (κ3) is 2.62. The Morgan fingerprint density at radius 3 is 2.56 bits per heavy atom. The van der Waals surface area contributed by atoms with E-state index in [4.69, 9.17) is 11.6 Å². The van der Waals surface area contributed by atoms with Gasteiger partial charge in [0, 0.05) is 13.1 Å². The van der Waals surface area contributed by atoms with Gasteiger partial charge in [0.2, 0.25) is 0 Å². The highest BCUT2D eigenvalue weighted by molar-refractivity contribution is 6.29. The number of hydrogen-bond acceptors (Lipinski definition) is 4. The Morgan fingerprint density at radius 2 is 2.00 bits per heavy atom. The van der Waals surface area contributed by atoms with Crippen LogP contribution in [-0.2, 0) is 0 Å². The number of nitrogens with zero attached hydrogens (tertiary/aromatic N) is 4. The Bertz CT molecular complexity index is 332. The zero-order chi connectivity index (χ0) is 11.5. The molecule has 1 aromatic heterocycles. The predicted molar refractivity (Wildman–Crippen MR) is 66.0 cm³/mol. The molecule has 2 heterocycles. The molecule has 0 spiro atoms. The molecule has 0 atom stereocenters. The molecular weight excluding hydrogens is 224 g/mol. The SMILES string of the molecule is CN1CCC(N(C)c2ccc(Cl)nn2)CC1. The smallest absolute Gasteiger partial charge is 0.151 e. The van der Waals surface area contributed by atoms with E-state index in [1.54, 1.807) is 6.07 Å². The molecule has 0 saturated carbocycles. The van der Waals surface area contributed by atoms with Gasteiger partial charge in [-0.3, -0.25) is 0 Å². The summed E-state index contributed by atoms with van der Waals surface area (Å²) in [5, 5.41) is 8.42. The number of likely N-dealkylation sites (tertiary alicyclic amines) is 1. The molecule has 0 amide bonds. The molecule has 5 heteroatoms. The van der Waals surface area contributed by atoms with Gasteiger partial charge in [-0.2, -0.15) is 0 Å². The van der Waals surface area contributed by atoms with E-state index in [0.29, 0.717) is 11.2 Å². The highest BCUT2D eigenvalue weighted by Gasteiger charge is 2.21. The maximum Gasteiger partial charge on any atom is 0.151 e. The number of halogens is 1. The molecule has 1 saturated heterocycles. The van der Waals surface area contributed by atoms with Crippen LogP contribution in [-0.4, -0.2) is 48.3 Å². The van der Waals surface area contributed by atoms with E-state index in [1.807, 2.05) is 6.07 Å². The summed E-state index contributed by atoms with van der Waals surface area (Å²) >= 11 is 5.72. The van der Waals surface area contributed by atoms with E-state index in [-0.39, 0.29) is 0 Å². The molecule has 1 aliphatic heterocycles. The summed E-state index contributed by atoms with van der Waals surface area (Å²) in [5.74, 6) is 0.902. The van der Waals surface area contributed by atoms with Gasteiger partial charge < -0.3 is 9.80 Å². The molecule has 4 nitrogen and oxygen atoms in total. The van der Waals surface area contributed by atoms with Crippen molar-refractivity contribution in [1.29, 1.82) is 0 Å². The van der Waals surface area contributed by atoms with Crippen molar-refractivity contribution < 1.29 is 0 Å². The number of anilines is 1. The molecule has 1 aliphatic rings. The minimum absolute atomic E-state index is 0.445. The summed E-state index contributed by atoms with van der Waals surface area (Å²) < 4.78 is 0. The Balaban J connectivity index is 2.01. The Hall–Kier alpha value is -0.870. The lowest BCUT2D eigenvalue weighted by molar-refractivity contribution is 0.252. The Morgan fingerprint density at radius 1 is 1.31 bits per heavy atom. The van der Waals surface area contributed by atoms with E-state index in [9.17, 15) is 0 Å². The molecule has 0 bridgehead atoms. The van der Waals surface area contributed by atoms with Gasteiger partial charge in [-0.05, 0) is 45.1 Å². The molecule has 0 unspecified atom stereocenters. The fourth-order valence-electron chi connectivity index (χ4n) is 2.07. The number of piperidine rings is 1. The average molecular weight is 241 g/mol. The van der Waals surface area contributed by atoms with Crippen LogP contribution in [0, 0.1) is 0 Å². The lowest BCUT2D eigenvalue weighted by atomic mass is 10.0. The van der Waals surface area contributed by atoms with Gasteiger partial charge in [0.25, 0.3) is 0 Å². The second-order valence-electron chi connectivity index (χ2n) is 4.36. The second-order valence-corrected chi connectivity index (χ2v) is 4.75. The van der Waals surface area contributed by atoms with Crippen LogP contribution in [0.2, 0.25) is 5.15 Å². The van der Waals surface area contributed by atoms with E-state index in [2.05, 4.69) is 34.1 Å². The number of rotatable bonds is 2. The summed E-state index contributed by atoms with van der Waals surface area (Å²) in [4.78, 5) is 4.56.